The van der Waals surface area contributed by atoms with Crippen molar-refractivity contribution in [1.29, 1.82) is 0 Å². The third-order valence-electron chi connectivity index (χ3n) is 8.73. The highest BCUT2D eigenvalue weighted by Crippen LogP contribution is 2.45. The van der Waals surface area contributed by atoms with Gasteiger partial charge in [0.2, 0.25) is 12.3 Å². The minimum Gasteiger partial charge on any atom is -0.393 e. The van der Waals surface area contributed by atoms with E-state index in [0.29, 0.717) is 56.5 Å². The number of hydrogen-bond acceptors (Lipinski definition) is 6. The number of benzene rings is 1. The van der Waals surface area contributed by atoms with Crippen LogP contribution in [0.3, 0.4) is 0 Å². The second-order valence-corrected chi connectivity index (χ2v) is 13.0. The predicted molar refractivity (Wildman–Crippen MR) is 163 cm³/mol. The van der Waals surface area contributed by atoms with Crippen molar-refractivity contribution in [3.05, 3.63) is 80.4 Å². The van der Waals surface area contributed by atoms with E-state index in [4.69, 9.17) is 16.6 Å². The lowest BCUT2D eigenvalue weighted by Crippen LogP contribution is -2.36. The van der Waals surface area contributed by atoms with Crippen LogP contribution in [-0.4, -0.2) is 59.1 Å². The fraction of sp³-hybridized carbons (Fsp3) is 0.469. The van der Waals surface area contributed by atoms with Crippen LogP contribution in [0.2, 0.25) is 5.02 Å². The Bertz CT molecular complexity index is 1470. The molecule has 0 spiro atoms. The molecule has 4 aliphatic rings. The number of rotatable bonds is 9. The van der Waals surface area contributed by atoms with E-state index in [9.17, 15) is 23.1 Å². The molecular formula is C32H34ClF3N4O2S. The molecule has 1 amide bonds. The molecule has 11 heteroatoms. The number of aliphatic imine (C=N–C) groups is 2. The summed E-state index contributed by atoms with van der Waals surface area (Å²) in [4.78, 5) is 25.8. The first kappa shape index (κ1) is 30.1. The maximum Gasteiger partial charge on any atom is 0.241 e. The molecule has 1 aliphatic carbocycles. The Morgan fingerprint density at radius 1 is 1.19 bits per heavy atom. The summed E-state index contributed by atoms with van der Waals surface area (Å²) in [5.41, 5.74) is 3.02. The van der Waals surface area contributed by atoms with E-state index in [1.165, 1.54) is 12.1 Å². The van der Waals surface area contributed by atoms with Crippen molar-refractivity contribution in [3.8, 4) is 0 Å². The first-order chi connectivity index (χ1) is 20.8. The molecule has 1 aromatic heterocycles. The summed E-state index contributed by atoms with van der Waals surface area (Å²) < 4.78 is 40.5. The maximum absolute atomic E-state index is 14.1. The number of carbonyl (C=O) groups excluding carboxylic acids is 1. The molecule has 228 valence electrons. The van der Waals surface area contributed by atoms with E-state index in [-0.39, 0.29) is 35.3 Å². The van der Waals surface area contributed by atoms with Crippen LogP contribution in [0.25, 0.3) is 0 Å². The number of halogens is 4. The monoisotopic (exact) mass is 630 g/mol. The lowest BCUT2D eigenvalue weighted by molar-refractivity contribution is -0.126. The van der Waals surface area contributed by atoms with Gasteiger partial charge < -0.3 is 15.3 Å². The van der Waals surface area contributed by atoms with Crippen LogP contribution in [0.4, 0.5) is 13.2 Å². The number of amides is 1. The number of aliphatic hydroxyl groups is 1. The van der Waals surface area contributed by atoms with Gasteiger partial charge in [0.1, 0.15) is 17.7 Å². The standard InChI is InChI=1S/C32H34ClF3N4O2S/c33-24-15-20(34)5-9-23(24)30-29(25-10-6-21(38-25)16-28(35)36)26-14-18(17-40(26)31(39-30)27-2-1-13-43-27)11-12-37-32(42)19-3-7-22(41)8-4-19/h1-2,5-6,9-10,13,15,18-19,21-22,28,30,41H,3-4,7-8,11-12,14,16-17H2,(H,37,42)/t18-,19?,21?,22?,30-/m0/s1. The zero-order valence-corrected chi connectivity index (χ0v) is 25.1. The Kier molecular flexibility index (Phi) is 9.07. The fourth-order valence-corrected chi connectivity index (χ4v) is 7.55. The summed E-state index contributed by atoms with van der Waals surface area (Å²) in [5.74, 6) is 0.530. The Morgan fingerprint density at radius 2 is 2.00 bits per heavy atom. The number of carbonyl (C=O) groups is 1. The van der Waals surface area contributed by atoms with Crippen molar-refractivity contribution in [2.45, 2.75) is 69.6 Å². The van der Waals surface area contributed by atoms with Crippen molar-refractivity contribution in [2.24, 2.45) is 21.8 Å². The molecule has 6 rings (SSSR count). The number of allylic oxidation sites excluding steroid dienone is 2. The first-order valence-electron chi connectivity index (χ1n) is 14.8. The molecule has 2 N–H and O–H groups in total. The number of nitrogens with one attached hydrogen (secondary N) is 1. The summed E-state index contributed by atoms with van der Waals surface area (Å²) in [6.45, 7) is 1.22. The lowest BCUT2D eigenvalue weighted by Gasteiger charge is -2.33. The topological polar surface area (TPSA) is 77.3 Å². The average Bonchev–Trinajstić information content (AvgIpc) is 3.74. The van der Waals surface area contributed by atoms with Crippen LogP contribution in [0.5, 0.6) is 0 Å². The van der Waals surface area contributed by atoms with E-state index >= 15 is 0 Å². The molecule has 0 radical (unpaired) electrons. The van der Waals surface area contributed by atoms with Gasteiger partial charge in [0.05, 0.1) is 22.7 Å². The molecule has 1 aromatic carbocycles. The minimum atomic E-state index is -2.48. The molecule has 0 bridgehead atoms. The highest BCUT2D eigenvalue weighted by atomic mass is 35.5. The van der Waals surface area contributed by atoms with E-state index in [0.717, 1.165) is 28.4 Å². The molecule has 3 aliphatic heterocycles. The van der Waals surface area contributed by atoms with Gasteiger partial charge in [-0.2, -0.15) is 0 Å². The second kappa shape index (κ2) is 13.0. The lowest BCUT2D eigenvalue weighted by atomic mass is 9.87. The summed E-state index contributed by atoms with van der Waals surface area (Å²) in [5, 5.41) is 15.1. The van der Waals surface area contributed by atoms with Gasteiger partial charge in [-0.1, -0.05) is 29.8 Å². The highest BCUT2D eigenvalue weighted by molar-refractivity contribution is 7.12. The van der Waals surface area contributed by atoms with E-state index < -0.39 is 24.3 Å². The molecule has 3 atom stereocenters. The highest BCUT2D eigenvalue weighted by Gasteiger charge is 2.41. The number of amidine groups is 1. The van der Waals surface area contributed by atoms with E-state index in [2.05, 4.69) is 15.2 Å². The summed E-state index contributed by atoms with van der Waals surface area (Å²) >= 11 is 8.16. The SMILES string of the molecule is O=C(NCC[C@H]1CC2=C(C3=NC(CC(F)F)C=C3)[C@H](c3ccc(F)cc3Cl)N=C(c3cccs3)N2C1)C1CCC(O)CC1. The van der Waals surface area contributed by atoms with Crippen molar-refractivity contribution in [2.75, 3.05) is 13.1 Å². The molecule has 2 fully saturated rings. The largest absolute Gasteiger partial charge is 0.393 e. The van der Waals surface area contributed by atoms with Crippen LogP contribution < -0.4 is 5.32 Å². The number of thiophene rings is 1. The normalized spacial score (nSPS) is 27.0. The van der Waals surface area contributed by atoms with Gasteiger partial charge >= 0.3 is 0 Å². The second-order valence-electron chi connectivity index (χ2n) is 11.7. The Labute approximate surface area is 258 Å². The summed E-state index contributed by atoms with van der Waals surface area (Å²) in [7, 11) is 0. The van der Waals surface area contributed by atoms with Crippen molar-refractivity contribution < 1.29 is 23.1 Å². The van der Waals surface area contributed by atoms with Crippen molar-refractivity contribution >= 4 is 40.4 Å². The fourth-order valence-electron chi connectivity index (χ4n) is 6.55. The van der Waals surface area contributed by atoms with Gasteiger partial charge in [0, 0.05) is 47.3 Å². The Hall–Kier alpha value is -2.95. The molecule has 6 nitrogen and oxygen atoms in total. The van der Waals surface area contributed by atoms with Gasteiger partial charge in [-0.25, -0.2) is 13.2 Å². The molecule has 43 heavy (non-hydrogen) atoms. The van der Waals surface area contributed by atoms with Crippen molar-refractivity contribution in [1.82, 2.24) is 10.2 Å². The van der Waals surface area contributed by atoms with Crippen LogP contribution in [-0.2, 0) is 4.79 Å². The van der Waals surface area contributed by atoms with Crippen molar-refractivity contribution in [3.63, 3.8) is 0 Å². The van der Waals surface area contributed by atoms with Crippen LogP contribution in [0.15, 0.2) is 69.1 Å². The van der Waals surface area contributed by atoms with E-state index in [1.54, 1.807) is 29.6 Å². The first-order valence-corrected chi connectivity index (χ1v) is 16.1. The summed E-state index contributed by atoms with van der Waals surface area (Å²) in [6.07, 6.45) is 4.52. The van der Waals surface area contributed by atoms with Crippen LogP contribution >= 0.6 is 22.9 Å². The maximum atomic E-state index is 14.1. The van der Waals surface area contributed by atoms with Gasteiger partial charge in [0.15, 0.2) is 0 Å². The van der Waals surface area contributed by atoms with Crippen LogP contribution in [0.1, 0.15) is 61.4 Å². The van der Waals surface area contributed by atoms with E-state index in [1.807, 2.05) is 17.5 Å². The molecule has 1 saturated carbocycles. The molecule has 1 saturated heterocycles. The molecule has 4 heterocycles. The summed E-state index contributed by atoms with van der Waals surface area (Å²) in [6, 6.07) is 7.02. The van der Waals surface area contributed by atoms with Gasteiger partial charge in [-0.05, 0) is 74.1 Å². The quantitative estimate of drug-likeness (QED) is 0.323. The van der Waals surface area contributed by atoms with Crippen LogP contribution in [0, 0.1) is 17.7 Å². The number of nitrogens with zero attached hydrogens (tertiary/aromatic N) is 3. The number of fused-ring (bicyclic) bond motifs is 1. The third kappa shape index (κ3) is 6.61. The molecular weight excluding hydrogens is 597 g/mol. The smallest absolute Gasteiger partial charge is 0.241 e. The minimum absolute atomic E-state index is 0.0462. The zero-order valence-electron chi connectivity index (χ0n) is 23.6. The number of alkyl halides is 2. The number of hydrogen-bond donors (Lipinski definition) is 2. The third-order valence-corrected chi connectivity index (χ3v) is 9.93. The Balaban J connectivity index is 1.31. The number of aliphatic hydroxyl groups excluding tert-OH is 1. The van der Waals surface area contributed by atoms with Gasteiger partial charge in [0.25, 0.3) is 0 Å². The average molecular weight is 631 g/mol. The van der Waals surface area contributed by atoms with Gasteiger partial charge in [-0.3, -0.25) is 14.8 Å². The molecule has 2 aromatic rings. The molecule has 1 unspecified atom stereocenters. The predicted octanol–water partition coefficient (Wildman–Crippen LogP) is 6.71. The Morgan fingerprint density at radius 3 is 2.72 bits per heavy atom. The van der Waals surface area contributed by atoms with Gasteiger partial charge in [-0.15, -0.1) is 11.3 Å². The zero-order chi connectivity index (χ0) is 30.1.